The number of carbonyl (C=O) groups excluding carboxylic acids is 1. The van der Waals surface area contributed by atoms with Crippen molar-refractivity contribution in [2.24, 2.45) is 23.7 Å². The van der Waals surface area contributed by atoms with Crippen LogP contribution in [0.15, 0.2) is 0 Å². The zero-order chi connectivity index (χ0) is 25.4. The molecular formula is C24H39N5O5S2. The van der Waals surface area contributed by atoms with Crippen molar-refractivity contribution in [2.75, 3.05) is 40.0 Å². The molecule has 4 saturated heterocycles. The zero-order valence-corrected chi connectivity index (χ0v) is 22.7. The number of piperidine rings is 1. The summed E-state index contributed by atoms with van der Waals surface area (Å²) in [6.45, 7) is 4.45. The van der Waals surface area contributed by atoms with E-state index in [2.05, 4.69) is 28.9 Å². The van der Waals surface area contributed by atoms with Crippen LogP contribution in [0.2, 0.25) is 0 Å². The van der Waals surface area contributed by atoms with Crippen LogP contribution in [0.5, 0.6) is 0 Å². The number of hydrogen-bond acceptors (Lipinski definition) is 9. The van der Waals surface area contributed by atoms with Gasteiger partial charge in [-0.05, 0) is 50.9 Å². The van der Waals surface area contributed by atoms with Crippen LogP contribution in [-0.4, -0.2) is 92.8 Å². The summed E-state index contributed by atoms with van der Waals surface area (Å²) in [4.78, 5) is 13.5. The predicted octanol–water partition coefficient (Wildman–Crippen LogP) is 0.463. The standard InChI is InChI=1S/C24H39N5O5S2/c1-14-7-17(18-8-15(9-25)3-4-21(18)33-2)19(10-26-14)23(30)28-24-27-20-11-29(12-22(20)35-24)36(31,32)16-5-6-34-13-16/h14-22,24,26-27H,3-8,10-13H2,1-2H3,(H,28,30). The maximum Gasteiger partial charge on any atom is 0.226 e. The average molecular weight is 542 g/mol. The lowest BCUT2D eigenvalue weighted by Crippen LogP contribution is -2.55. The number of nitriles is 1. The molecule has 10 unspecified atom stereocenters. The fourth-order valence-corrected chi connectivity index (χ4v) is 10.2. The van der Waals surface area contributed by atoms with Crippen LogP contribution in [-0.2, 0) is 24.3 Å². The van der Waals surface area contributed by atoms with Gasteiger partial charge in [0, 0.05) is 56.6 Å². The third-order valence-corrected chi connectivity index (χ3v) is 12.5. The Morgan fingerprint density at radius 2 is 2.06 bits per heavy atom. The molecule has 1 amide bonds. The van der Waals surface area contributed by atoms with E-state index in [1.165, 1.54) is 0 Å². The molecule has 0 aromatic carbocycles. The largest absolute Gasteiger partial charge is 0.381 e. The van der Waals surface area contributed by atoms with Crippen molar-refractivity contribution in [3.8, 4) is 6.07 Å². The third-order valence-electron chi connectivity index (χ3n) is 8.89. The van der Waals surface area contributed by atoms with E-state index in [0.717, 1.165) is 25.7 Å². The van der Waals surface area contributed by atoms with Gasteiger partial charge in [0.1, 0.15) is 10.7 Å². The van der Waals surface area contributed by atoms with Crippen molar-refractivity contribution in [3.05, 3.63) is 0 Å². The summed E-state index contributed by atoms with van der Waals surface area (Å²) in [5.41, 5.74) is -0.233. The molecule has 12 heteroatoms. The first-order chi connectivity index (χ1) is 17.3. The van der Waals surface area contributed by atoms with Gasteiger partial charge in [-0.3, -0.25) is 10.1 Å². The summed E-state index contributed by atoms with van der Waals surface area (Å²) in [6, 6.07) is 2.78. The number of methoxy groups -OCH3 is 1. The maximum absolute atomic E-state index is 13.5. The van der Waals surface area contributed by atoms with Gasteiger partial charge in [0.2, 0.25) is 15.9 Å². The van der Waals surface area contributed by atoms with Crippen LogP contribution < -0.4 is 16.0 Å². The number of amides is 1. The van der Waals surface area contributed by atoms with Crippen LogP contribution in [0, 0.1) is 35.0 Å². The molecule has 0 aromatic rings. The maximum atomic E-state index is 13.5. The Morgan fingerprint density at radius 1 is 1.22 bits per heavy atom. The monoisotopic (exact) mass is 541 g/mol. The second kappa shape index (κ2) is 11.0. The SMILES string of the molecule is COC1CCC(C#N)CC1C1CC(C)NCC1C(=O)NC1NC2CN(S(=O)(=O)C3CCOC3)CC2S1. The Kier molecular flexibility index (Phi) is 8.18. The van der Waals surface area contributed by atoms with Crippen molar-refractivity contribution in [2.45, 2.75) is 73.2 Å². The van der Waals surface area contributed by atoms with Gasteiger partial charge in [-0.25, -0.2) is 8.42 Å². The summed E-state index contributed by atoms with van der Waals surface area (Å²) in [5, 5.41) is 19.4. The van der Waals surface area contributed by atoms with Gasteiger partial charge in [0.25, 0.3) is 0 Å². The predicted molar refractivity (Wildman–Crippen MR) is 136 cm³/mol. The molecule has 0 radical (unpaired) electrons. The first-order valence-corrected chi connectivity index (χ1v) is 15.7. The molecule has 4 heterocycles. The normalized spacial score (nSPS) is 43.7. The molecule has 5 rings (SSSR count). The van der Waals surface area contributed by atoms with Gasteiger partial charge in [-0.1, -0.05) is 0 Å². The summed E-state index contributed by atoms with van der Waals surface area (Å²) < 4.78 is 38.6. The van der Waals surface area contributed by atoms with E-state index in [1.54, 1.807) is 23.2 Å². The number of thioether (sulfide) groups is 1. The third kappa shape index (κ3) is 5.30. The molecule has 3 N–H and O–H groups in total. The van der Waals surface area contributed by atoms with E-state index in [9.17, 15) is 18.5 Å². The minimum atomic E-state index is -3.35. The van der Waals surface area contributed by atoms with Gasteiger partial charge in [0.15, 0.2) is 0 Å². The Labute approximate surface area is 218 Å². The van der Waals surface area contributed by atoms with Crippen molar-refractivity contribution in [1.29, 1.82) is 5.26 Å². The fraction of sp³-hybridized carbons (Fsp3) is 0.917. The number of sulfonamides is 1. The summed E-state index contributed by atoms with van der Waals surface area (Å²) in [6.07, 6.45) is 4.03. The number of nitrogens with zero attached hydrogens (tertiary/aromatic N) is 2. The van der Waals surface area contributed by atoms with Crippen LogP contribution in [0.4, 0.5) is 0 Å². The molecule has 1 saturated carbocycles. The number of rotatable bonds is 6. The van der Waals surface area contributed by atoms with Crippen molar-refractivity contribution in [3.63, 3.8) is 0 Å². The van der Waals surface area contributed by atoms with E-state index < -0.39 is 15.3 Å². The molecule has 4 aliphatic heterocycles. The minimum absolute atomic E-state index is 0.0188. The molecule has 36 heavy (non-hydrogen) atoms. The van der Waals surface area contributed by atoms with Gasteiger partial charge < -0.3 is 20.1 Å². The molecule has 1 aliphatic carbocycles. The van der Waals surface area contributed by atoms with E-state index in [4.69, 9.17) is 9.47 Å². The van der Waals surface area contributed by atoms with Crippen molar-refractivity contribution < 1.29 is 22.7 Å². The number of ether oxygens (including phenoxy) is 2. The van der Waals surface area contributed by atoms with Gasteiger partial charge in [0.05, 0.1) is 24.7 Å². The summed E-state index contributed by atoms with van der Waals surface area (Å²) in [7, 11) is -1.61. The number of carbonyl (C=O) groups is 1. The molecule has 0 aromatic heterocycles. The van der Waals surface area contributed by atoms with Crippen LogP contribution in [0.1, 0.15) is 39.0 Å². The molecule has 10 nitrogen and oxygen atoms in total. The van der Waals surface area contributed by atoms with Gasteiger partial charge in [-0.2, -0.15) is 9.57 Å². The topological polar surface area (TPSA) is 133 Å². The Hall–Kier alpha value is -0.940. The van der Waals surface area contributed by atoms with E-state index >= 15 is 0 Å². The summed E-state index contributed by atoms with van der Waals surface area (Å²) >= 11 is 1.61. The highest BCUT2D eigenvalue weighted by atomic mass is 32.2. The zero-order valence-electron chi connectivity index (χ0n) is 21.1. The number of nitrogens with one attached hydrogen (secondary N) is 3. The minimum Gasteiger partial charge on any atom is -0.381 e. The number of hydrogen-bond donors (Lipinski definition) is 3. The van der Waals surface area contributed by atoms with Gasteiger partial charge >= 0.3 is 0 Å². The Balaban J connectivity index is 1.20. The lowest BCUT2D eigenvalue weighted by Gasteiger charge is -2.44. The molecule has 202 valence electrons. The fourth-order valence-electron chi connectivity index (χ4n) is 6.86. The van der Waals surface area contributed by atoms with Crippen LogP contribution in [0.25, 0.3) is 0 Å². The average Bonchev–Trinajstić information content (AvgIpc) is 3.61. The van der Waals surface area contributed by atoms with Crippen LogP contribution >= 0.6 is 11.8 Å². The molecule has 5 fully saturated rings. The van der Waals surface area contributed by atoms with Crippen LogP contribution in [0.3, 0.4) is 0 Å². The Bertz CT molecular complexity index is 941. The highest BCUT2D eigenvalue weighted by Crippen LogP contribution is 2.42. The smallest absolute Gasteiger partial charge is 0.226 e. The molecular weight excluding hydrogens is 502 g/mol. The molecule has 0 bridgehead atoms. The first kappa shape index (κ1) is 26.7. The summed E-state index contributed by atoms with van der Waals surface area (Å²) in [5.74, 6) is 0.198. The molecule has 5 aliphatic rings. The lowest BCUT2D eigenvalue weighted by molar-refractivity contribution is -0.131. The van der Waals surface area contributed by atoms with E-state index in [-0.39, 0.29) is 59.1 Å². The highest BCUT2D eigenvalue weighted by molar-refractivity contribution is 8.00. The quantitative estimate of drug-likeness (QED) is 0.439. The van der Waals surface area contributed by atoms with E-state index in [1.807, 2.05) is 0 Å². The highest BCUT2D eigenvalue weighted by Gasteiger charge is 2.49. The second-order valence-corrected chi connectivity index (χ2v) is 14.6. The lowest BCUT2D eigenvalue weighted by atomic mass is 9.66. The van der Waals surface area contributed by atoms with Crippen molar-refractivity contribution >= 4 is 27.7 Å². The molecule has 10 atom stereocenters. The van der Waals surface area contributed by atoms with Gasteiger partial charge in [-0.15, -0.1) is 11.8 Å². The van der Waals surface area contributed by atoms with E-state index in [0.29, 0.717) is 38.7 Å². The second-order valence-electron chi connectivity index (χ2n) is 11.1. The molecule has 0 spiro atoms. The number of fused-ring (bicyclic) bond motifs is 1. The van der Waals surface area contributed by atoms with Crippen molar-refractivity contribution in [1.82, 2.24) is 20.3 Å². The first-order valence-electron chi connectivity index (χ1n) is 13.2. The Morgan fingerprint density at radius 3 is 2.75 bits per heavy atom.